The summed E-state index contributed by atoms with van der Waals surface area (Å²) in [7, 11) is 3.27. The van der Waals surface area contributed by atoms with Crippen LogP contribution in [0.2, 0.25) is 0 Å². The molecule has 1 aromatic heterocycles. The van der Waals surface area contributed by atoms with Crippen LogP contribution in [0.25, 0.3) is 0 Å². The van der Waals surface area contributed by atoms with E-state index in [4.69, 9.17) is 14.5 Å². The average Bonchev–Trinajstić information content (AvgIpc) is 3.09. The molecule has 0 bridgehead atoms. The number of thiophene rings is 1. The number of anilines is 1. The molecule has 0 fully saturated rings. The Morgan fingerprint density at radius 2 is 2.08 bits per heavy atom. The van der Waals surface area contributed by atoms with Crippen LogP contribution in [0.15, 0.2) is 40.7 Å². The van der Waals surface area contributed by atoms with E-state index in [1.807, 2.05) is 40.6 Å². The topological polar surface area (TPSA) is 51.1 Å². The number of amidine groups is 1. The molecule has 0 amide bonds. The van der Waals surface area contributed by atoms with Crippen molar-refractivity contribution in [3.63, 3.8) is 0 Å². The molecule has 0 spiro atoms. The standard InChI is InChI=1S/C20H24N2O3S/c1-24-15-9-10-18(25-2)16(13-15)22(20-8-4-3-5-11-21-20)14-17(23)19-7-6-12-26-19/h6-7,9-10,12-13H,3-5,8,11,14H2,1-2H3. The fourth-order valence-corrected chi connectivity index (χ4v) is 3.72. The minimum absolute atomic E-state index is 0.0804. The monoisotopic (exact) mass is 372 g/mol. The highest BCUT2D eigenvalue weighted by Crippen LogP contribution is 2.34. The van der Waals surface area contributed by atoms with Crippen LogP contribution in [0.4, 0.5) is 5.69 Å². The van der Waals surface area contributed by atoms with Crippen LogP contribution in [0.3, 0.4) is 0 Å². The molecule has 0 saturated carbocycles. The Morgan fingerprint density at radius 3 is 2.81 bits per heavy atom. The number of carbonyl (C=O) groups excluding carboxylic acids is 1. The second kappa shape index (κ2) is 8.85. The van der Waals surface area contributed by atoms with Gasteiger partial charge in [0.05, 0.1) is 31.3 Å². The Kier molecular flexibility index (Phi) is 6.28. The predicted molar refractivity (Wildman–Crippen MR) is 106 cm³/mol. The fourth-order valence-electron chi connectivity index (χ4n) is 3.06. The lowest BCUT2D eigenvalue weighted by Gasteiger charge is -2.27. The molecule has 1 aromatic carbocycles. The van der Waals surface area contributed by atoms with Crippen molar-refractivity contribution >= 4 is 28.6 Å². The van der Waals surface area contributed by atoms with E-state index in [0.717, 1.165) is 54.4 Å². The summed E-state index contributed by atoms with van der Waals surface area (Å²) in [6.45, 7) is 1.04. The van der Waals surface area contributed by atoms with Gasteiger partial charge in [-0.25, -0.2) is 0 Å². The Balaban J connectivity index is 1.99. The largest absolute Gasteiger partial charge is 0.497 e. The molecule has 0 unspecified atom stereocenters. The molecular weight excluding hydrogens is 348 g/mol. The summed E-state index contributed by atoms with van der Waals surface area (Å²) in [6, 6.07) is 9.40. The van der Waals surface area contributed by atoms with E-state index < -0.39 is 0 Å². The van der Waals surface area contributed by atoms with Crippen LogP contribution in [0.5, 0.6) is 11.5 Å². The van der Waals surface area contributed by atoms with Crippen LogP contribution >= 0.6 is 11.3 Å². The van der Waals surface area contributed by atoms with E-state index in [1.54, 1.807) is 14.2 Å². The lowest BCUT2D eigenvalue weighted by Crippen LogP contribution is -2.36. The maximum absolute atomic E-state index is 12.8. The molecule has 5 nitrogen and oxygen atoms in total. The normalized spacial score (nSPS) is 14.3. The molecule has 0 atom stereocenters. The third kappa shape index (κ3) is 4.25. The van der Waals surface area contributed by atoms with Gasteiger partial charge in [0.15, 0.2) is 5.78 Å². The highest BCUT2D eigenvalue weighted by molar-refractivity contribution is 7.12. The quantitative estimate of drug-likeness (QED) is 0.704. The van der Waals surface area contributed by atoms with E-state index >= 15 is 0 Å². The molecule has 2 aromatic rings. The van der Waals surface area contributed by atoms with Crippen molar-refractivity contribution < 1.29 is 14.3 Å². The summed E-state index contributed by atoms with van der Waals surface area (Å²) in [4.78, 5) is 20.3. The fraction of sp³-hybridized carbons (Fsp3) is 0.400. The Hall–Kier alpha value is -2.34. The molecule has 2 heterocycles. The molecular formula is C20H24N2O3S. The van der Waals surface area contributed by atoms with Crippen molar-refractivity contribution in [1.29, 1.82) is 0 Å². The highest BCUT2D eigenvalue weighted by atomic mass is 32.1. The maximum atomic E-state index is 12.8. The molecule has 0 radical (unpaired) electrons. The first-order valence-corrected chi connectivity index (χ1v) is 9.70. The van der Waals surface area contributed by atoms with E-state index in [9.17, 15) is 4.79 Å². The van der Waals surface area contributed by atoms with Crippen molar-refractivity contribution in [3.05, 3.63) is 40.6 Å². The lowest BCUT2D eigenvalue weighted by atomic mass is 10.1. The Labute approximate surface area is 158 Å². The zero-order valence-electron chi connectivity index (χ0n) is 15.2. The van der Waals surface area contributed by atoms with Gasteiger partial charge in [-0.15, -0.1) is 11.3 Å². The zero-order chi connectivity index (χ0) is 18.4. The van der Waals surface area contributed by atoms with Gasteiger partial charge in [-0.05, 0) is 36.4 Å². The van der Waals surface area contributed by atoms with Crippen LogP contribution in [0, 0.1) is 0 Å². The zero-order valence-corrected chi connectivity index (χ0v) is 16.1. The van der Waals surface area contributed by atoms with Gasteiger partial charge in [0, 0.05) is 19.0 Å². The number of benzene rings is 1. The smallest absolute Gasteiger partial charge is 0.192 e. The Bertz CT molecular complexity index is 771. The lowest BCUT2D eigenvalue weighted by molar-refractivity contribution is 0.101. The summed E-state index contributed by atoms with van der Waals surface area (Å²) in [6.07, 6.45) is 4.19. The van der Waals surface area contributed by atoms with E-state index in [0.29, 0.717) is 5.75 Å². The summed E-state index contributed by atoms with van der Waals surface area (Å²) in [5.74, 6) is 2.45. The molecule has 0 N–H and O–H groups in total. The molecule has 1 aliphatic rings. The molecule has 26 heavy (non-hydrogen) atoms. The highest BCUT2D eigenvalue weighted by Gasteiger charge is 2.23. The molecule has 3 rings (SSSR count). The molecule has 0 aliphatic carbocycles. The molecule has 1 aliphatic heterocycles. The van der Waals surface area contributed by atoms with E-state index in [2.05, 4.69) is 0 Å². The van der Waals surface area contributed by atoms with Gasteiger partial charge in [-0.3, -0.25) is 9.79 Å². The number of methoxy groups -OCH3 is 2. The summed E-state index contributed by atoms with van der Waals surface area (Å²) < 4.78 is 10.9. The van der Waals surface area contributed by atoms with Gasteiger partial charge in [0.25, 0.3) is 0 Å². The first-order valence-electron chi connectivity index (χ1n) is 8.82. The van der Waals surface area contributed by atoms with Crippen molar-refractivity contribution in [2.75, 3.05) is 32.2 Å². The number of aliphatic imine (C=N–C) groups is 1. The van der Waals surface area contributed by atoms with Gasteiger partial charge in [-0.1, -0.05) is 12.5 Å². The van der Waals surface area contributed by atoms with Crippen molar-refractivity contribution in [3.8, 4) is 11.5 Å². The van der Waals surface area contributed by atoms with Crippen LogP contribution in [-0.2, 0) is 0 Å². The number of carbonyl (C=O) groups is 1. The summed E-state index contributed by atoms with van der Waals surface area (Å²) in [5, 5.41) is 1.92. The minimum atomic E-state index is 0.0804. The molecule has 6 heteroatoms. The Morgan fingerprint density at radius 1 is 1.19 bits per heavy atom. The van der Waals surface area contributed by atoms with Gasteiger partial charge in [-0.2, -0.15) is 0 Å². The number of hydrogen-bond donors (Lipinski definition) is 0. The second-order valence-electron chi connectivity index (χ2n) is 6.13. The third-order valence-corrected chi connectivity index (χ3v) is 5.35. The van der Waals surface area contributed by atoms with E-state index in [1.165, 1.54) is 11.3 Å². The SMILES string of the molecule is COc1ccc(OC)c(N(CC(=O)c2cccs2)C2=NCCCCC2)c1. The molecule has 0 saturated heterocycles. The van der Waals surface area contributed by atoms with Crippen LogP contribution < -0.4 is 14.4 Å². The number of ether oxygens (including phenoxy) is 2. The number of rotatable bonds is 6. The molecule has 138 valence electrons. The number of hydrogen-bond acceptors (Lipinski definition) is 6. The maximum Gasteiger partial charge on any atom is 0.192 e. The van der Waals surface area contributed by atoms with Gasteiger partial charge < -0.3 is 14.4 Å². The van der Waals surface area contributed by atoms with Gasteiger partial charge in [0.1, 0.15) is 17.3 Å². The van der Waals surface area contributed by atoms with Crippen molar-refractivity contribution in [2.45, 2.75) is 25.7 Å². The first-order chi connectivity index (χ1) is 12.7. The minimum Gasteiger partial charge on any atom is -0.497 e. The second-order valence-corrected chi connectivity index (χ2v) is 7.08. The predicted octanol–water partition coefficient (Wildman–Crippen LogP) is 4.43. The van der Waals surface area contributed by atoms with E-state index in [-0.39, 0.29) is 12.3 Å². The van der Waals surface area contributed by atoms with Crippen molar-refractivity contribution in [2.24, 2.45) is 4.99 Å². The van der Waals surface area contributed by atoms with Crippen LogP contribution in [0.1, 0.15) is 35.4 Å². The summed E-state index contributed by atoms with van der Waals surface area (Å²) in [5.41, 5.74) is 0.817. The van der Waals surface area contributed by atoms with Crippen molar-refractivity contribution in [1.82, 2.24) is 0 Å². The number of Topliss-reactive ketones (excluding diaryl/α,β-unsaturated/α-hetero) is 1. The summed E-state index contributed by atoms with van der Waals surface area (Å²) >= 11 is 1.46. The van der Waals surface area contributed by atoms with Gasteiger partial charge in [0.2, 0.25) is 0 Å². The average molecular weight is 372 g/mol. The number of nitrogens with zero attached hydrogens (tertiary/aromatic N) is 2. The third-order valence-electron chi connectivity index (χ3n) is 4.44. The van der Waals surface area contributed by atoms with Crippen LogP contribution in [-0.4, -0.2) is 38.9 Å². The first kappa shape index (κ1) is 18.5. The van der Waals surface area contributed by atoms with Gasteiger partial charge >= 0.3 is 0 Å². The number of ketones is 1.